The van der Waals surface area contributed by atoms with E-state index in [1.807, 2.05) is 29.6 Å². The van der Waals surface area contributed by atoms with E-state index >= 15 is 0 Å². The Morgan fingerprint density at radius 2 is 2.24 bits per heavy atom. The topological polar surface area (TPSA) is 62.1 Å². The number of anilines is 1. The number of nitrogen functional groups attached to an aromatic ring is 1. The Bertz CT molecular complexity index is 808. The summed E-state index contributed by atoms with van der Waals surface area (Å²) in [5.74, 6) is -0.0172. The first-order valence-electron chi connectivity index (χ1n) is 6.39. The maximum absolute atomic E-state index is 12.6. The Balaban J connectivity index is 1.87. The quantitative estimate of drug-likeness (QED) is 0.694. The van der Waals surface area contributed by atoms with Crippen LogP contribution in [0.4, 0.5) is 5.69 Å². The Labute approximate surface area is 134 Å². The highest BCUT2D eigenvalue weighted by molar-refractivity contribution is 9.10. The monoisotopic (exact) mass is 363 g/mol. The van der Waals surface area contributed by atoms with Gasteiger partial charge in [-0.3, -0.25) is 4.79 Å². The summed E-state index contributed by atoms with van der Waals surface area (Å²) < 4.78 is 1.04. The number of nitrogens with two attached hydrogens (primary N) is 1. The largest absolute Gasteiger partial charge is 0.399 e. The molecule has 0 saturated heterocycles. The highest BCUT2D eigenvalue weighted by Gasteiger charge is 2.17. The van der Waals surface area contributed by atoms with Crippen molar-refractivity contribution in [3.05, 3.63) is 50.8 Å². The molecule has 0 aliphatic carbocycles. The van der Waals surface area contributed by atoms with Gasteiger partial charge in [0.1, 0.15) is 0 Å². The van der Waals surface area contributed by atoms with Crippen LogP contribution >= 0.6 is 27.3 Å². The third kappa shape index (κ3) is 2.82. The van der Waals surface area contributed by atoms with E-state index in [-0.39, 0.29) is 5.91 Å². The second kappa shape index (κ2) is 5.54. The molecular formula is C15H14BrN3OS. The van der Waals surface area contributed by atoms with Crippen molar-refractivity contribution in [3.8, 4) is 0 Å². The molecule has 6 heteroatoms. The number of nitrogens with one attached hydrogen (secondary N) is 1. The van der Waals surface area contributed by atoms with E-state index in [0.29, 0.717) is 17.8 Å². The number of aromatic nitrogens is 1. The van der Waals surface area contributed by atoms with Gasteiger partial charge in [0.05, 0.1) is 12.1 Å². The lowest BCUT2D eigenvalue weighted by Gasteiger charge is -2.15. The van der Waals surface area contributed by atoms with Crippen LogP contribution in [0.5, 0.6) is 0 Å². The second-order valence-corrected chi connectivity index (χ2v) is 6.81. The molecule has 1 amide bonds. The molecule has 0 atom stereocenters. The molecule has 0 aliphatic rings. The van der Waals surface area contributed by atoms with Crippen LogP contribution in [0.15, 0.2) is 40.3 Å². The maximum atomic E-state index is 12.6. The predicted molar refractivity (Wildman–Crippen MR) is 90.5 cm³/mol. The highest BCUT2D eigenvalue weighted by Crippen LogP contribution is 2.24. The summed E-state index contributed by atoms with van der Waals surface area (Å²) in [5.41, 5.74) is 8.03. The van der Waals surface area contributed by atoms with Crippen molar-refractivity contribution >= 4 is 49.8 Å². The van der Waals surface area contributed by atoms with E-state index in [2.05, 4.69) is 20.9 Å². The molecule has 0 saturated carbocycles. The van der Waals surface area contributed by atoms with Crippen LogP contribution < -0.4 is 5.73 Å². The number of carbonyl (C=O) groups is 1. The van der Waals surface area contributed by atoms with Gasteiger partial charge >= 0.3 is 0 Å². The second-order valence-electron chi connectivity index (χ2n) is 4.90. The number of thiophene rings is 1. The van der Waals surface area contributed by atoms with Crippen molar-refractivity contribution in [1.82, 2.24) is 9.88 Å². The maximum Gasteiger partial charge on any atom is 0.256 e. The molecule has 3 rings (SSSR count). The molecule has 4 nitrogen and oxygen atoms in total. The molecule has 1 aromatic carbocycles. The molecule has 0 radical (unpaired) electrons. The number of aromatic amines is 1. The SMILES string of the molecule is CN(Cc1cc(Br)cs1)C(=O)c1c[nH]c2ccc(N)cc12. The van der Waals surface area contributed by atoms with Crippen molar-refractivity contribution in [3.63, 3.8) is 0 Å². The van der Waals surface area contributed by atoms with E-state index in [9.17, 15) is 4.79 Å². The van der Waals surface area contributed by atoms with Gasteiger partial charge in [0.15, 0.2) is 0 Å². The summed E-state index contributed by atoms with van der Waals surface area (Å²) in [6.07, 6.45) is 1.74. The first-order valence-corrected chi connectivity index (χ1v) is 8.07. The number of fused-ring (bicyclic) bond motifs is 1. The molecule has 3 N–H and O–H groups in total. The van der Waals surface area contributed by atoms with Gasteiger partial charge in [-0.15, -0.1) is 11.3 Å². The van der Waals surface area contributed by atoms with Crippen LogP contribution in [-0.4, -0.2) is 22.8 Å². The third-order valence-electron chi connectivity index (χ3n) is 3.30. The summed E-state index contributed by atoms with van der Waals surface area (Å²) in [5, 5.41) is 2.87. The first-order chi connectivity index (χ1) is 10.0. The van der Waals surface area contributed by atoms with E-state index < -0.39 is 0 Å². The molecule has 3 aromatic rings. The van der Waals surface area contributed by atoms with Gasteiger partial charge in [0.2, 0.25) is 0 Å². The number of hydrogen-bond acceptors (Lipinski definition) is 3. The van der Waals surface area contributed by atoms with Crippen molar-refractivity contribution in [2.45, 2.75) is 6.54 Å². The minimum Gasteiger partial charge on any atom is -0.399 e. The Morgan fingerprint density at radius 3 is 2.95 bits per heavy atom. The van der Waals surface area contributed by atoms with Gasteiger partial charge < -0.3 is 15.6 Å². The van der Waals surface area contributed by atoms with Gasteiger partial charge in [-0.2, -0.15) is 0 Å². The van der Waals surface area contributed by atoms with Crippen molar-refractivity contribution in [2.24, 2.45) is 0 Å². The summed E-state index contributed by atoms with van der Waals surface area (Å²) in [4.78, 5) is 18.6. The van der Waals surface area contributed by atoms with Crippen LogP contribution in [0.3, 0.4) is 0 Å². The summed E-state index contributed by atoms with van der Waals surface area (Å²) in [6.45, 7) is 0.587. The normalized spacial score (nSPS) is 11.0. The van der Waals surface area contributed by atoms with Gasteiger partial charge in [0.25, 0.3) is 5.91 Å². The summed E-state index contributed by atoms with van der Waals surface area (Å²) in [7, 11) is 1.81. The van der Waals surface area contributed by atoms with Crippen molar-refractivity contribution in [1.29, 1.82) is 0 Å². The fourth-order valence-corrected chi connectivity index (χ4v) is 3.77. The average molecular weight is 364 g/mol. The van der Waals surface area contributed by atoms with E-state index in [1.165, 1.54) is 0 Å². The van der Waals surface area contributed by atoms with Gasteiger partial charge in [0, 0.05) is 44.6 Å². The lowest BCUT2D eigenvalue weighted by Crippen LogP contribution is -2.25. The number of nitrogens with zero attached hydrogens (tertiary/aromatic N) is 1. The lowest BCUT2D eigenvalue weighted by atomic mass is 10.1. The number of hydrogen-bond donors (Lipinski definition) is 2. The number of H-pyrrole nitrogens is 1. The van der Waals surface area contributed by atoms with Gasteiger partial charge in [-0.1, -0.05) is 0 Å². The molecule has 0 bridgehead atoms. The van der Waals surface area contributed by atoms with Gasteiger partial charge in [-0.05, 0) is 40.2 Å². The highest BCUT2D eigenvalue weighted by atomic mass is 79.9. The zero-order valence-electron chi connectivity index (χ0n) is 11.4. The summed E-state index contributed by atoms with van der Waals surface area (Å²) >= 11 is 5.06. The van der Waals surface area contributed by atoms with Crippen molar-refractivity contribution in [2.75, 3.05) is 12.8 Å². The summed E-state index contributed by atoms with van der Waals surface area (Å²) in [6, 6.07) is 7.56. The van der Waals surface area contributed by atoms with E-state index in [1.54, 1.807) is 29.5 Å². The molecule has 0 aliphatic heterocycles. The Kier molecular flexibility index (Phi) is 3.73. The molecule has 0 unspecified atom stereocenters. The molecule has 108 valence electrons. The van der Waals surface area contributed by atoms with Crippen molar-refractivity contribution < 1.29 is 4.79 Å². The molecule has 0 fully saturated rings. The number of amides is 1. The Morgan fingerprint density at radius 1 is 1.43 bits per heavy atom. The zero-order chi connectivity index (χ0) is 15.0. The number of carbonyl (C=O) groups excluding carboxylic acids is 1. The predicted octanol–water partition coefficient (Wildman–Crippen LogP) is 3.85. The van der Waals surface area contributed by atoms with E-state index in [4.69, 9.17) is 5.73 Å². The average Bonchev–Trinajstić information content (AvgIpc) is 3.04. The number of halogens is 1. The standard InChI is InChI=1S/C15H14BrN3OS/c1-19(7-11-4-9(16)8-21-11)15(20)13-6-18-14-3-2-10(17)5-12(13)14/h2-6,8,18H,7,17H2,1H3. The first kappa shape index (κ1) is 14.2. The number of rotatable bonds is 3. The lowest BCUT2D eigenvalue weighted by molar-refractivity contribution is 0.0788. The smallest absolute Gasteiger partial charge is 0.256 e. The minimum atomic E-state index is -0.0172. The molecule has 0 spiro atoms. The minimum absolute atomic E-state index is 0.0172. The molecule has 21 heavy (non-hydrogen) atoms. The fourth-order valence-electron chi connectivity index (χ4n) is 2.26. The van der Waals surface area contributed by atoms with Crippen LogP contribution in [0.2, 0.25) is 0 Å². The van der Waals surface area contributed by atoms with Crippen LogP contribution in [0.1, 0.15) is 15.2 Å². The molecule has 2 aromatic heterocycles. The molecular weight excluding hydrogens is 350 g/mol. The van der Waals surface area contributed by atoms with Crippen LogP contribution in [0, 0.1) is 0 Å². The fraction of sp³-hybridized carbons (Fsp3) is 0.133. The van der Waals surface area contributed by atoms with Crippen LogP contribution in [0.25, 0.3) is 10.9 Å². The Hall–Kier alpha value is -1.79. The number of benzene rings is 1. The van der Waals surface area contributed by atoms with Gasteiger partial charge in [-0.25, -0.2) is 0 Å². The third-order valence-corrected chi connectivity index (χ3v) is 4.98. The van der Waals surface area contributed by atoms with Crippen LogP contribution in [-0.2, 0) is 6.54 Å². The molecule has 2 heterocycles. The zero-order valence-corrected chi connectivity index (χ0v) is 13.8. The van der Waals surface area contributed by atoms with E-state index in [0.717, 1.165) is 20.3 Å².